The Hall–Kier alpha value is -2.43. The molecule has 0 saturated carbocycles. The van der Waals surface area contributed by atoms with E-state index in [1.54, 1.807) is 0 Å². The third kappa shape index (κ3) is 2.72. The fraction of sp³-hybridized carbons (Fsp3) is 0.312. The predicted octanol–water partition coefficient (Wildman–Crippen LogP) is 3.47. The zero-order valence-corrected chi connectivity index (χ0v) is 12.7. The summed E-state index contributed by atoms with van der Waals surface area (Å²) < 4.78 is 0. The molecule has 0 aliphatic rings. The smallest absolute Gasteiger partial charge is 0.111 e. The van der Waals surface area contributed by atoms with E-state index in [4.69, 9.17) is 0 Å². The lowest BCUT2D eigenvalue weighted by molar-refractivity contribution is 0.567. The van der Waals surface area contributed by atoms with Crippen molar-refractivity contribution in [2.75, 3.05) is 0 Å². The quantitative estimate of drug-likeness (QED) is 0.755. The maximum Gasteiger partial charge on any atom is 0.111 e. The molecule has 0 aromatic carbocycles. The lowest BCUT2D eigenvalue weighted by atomic mass is 9.92. The molecule has 0 bridgehead atoms. The molecule has 3 heterocycles. The van der Waals surface area contributed by atoms with E-state index in [1.807, 2.05) is 31.2 Å². The predicted molar refractivity (Wildman–Crippen MR) is 82.8 cm³/mol. The number of hydrogen-bond donors (Lipinski definition) is 2. The summed E-state index contributed by atoms with van der Waals surface area (Å²) in [5, 5.41) is 14.7. The zero-order valence-electron chi connectivity index (χ0n) is 12.7. The first-order chi connectivity index (χ1) is 9.93. The van der Waals surface area contributed by atoms with Crippen LogP contribution in [0.3, 0.4) is 0 Å². The molecule has 0 aliphatic heterocycles. The minimum Gasteiger partial charge on any atom is -0.282 e. The maximum atomic E-state index is 4.66. The van der Waals surface area contributed by atoms with Crippen molar-refractivity contribution in [1.29, 1.82) is 0 Å². The highest BCUT2D eigenvalue weighted by atomic mass is 15.1. The van der Waals surface area contributed by atoms with Gasteiger partial charge in [-0.3, -0.25) is 10.2 Å². The molecule has 0 atom stereocenters. The Bertz CT molecular complexity index is 761. The van der Waals surface area contributed by atoms with E-state index < -0.39 is 0 Å². The fourth-order valence-corrected chi connectivity index (χ4v) is 2.11. The molecule has 0 unspecified atom stereocenters. The molecule has 21 heavy (non-hydrogen) atoms. The number of nitrogens with zero attached hydrogens (tertiary/aromatic N) is 3. The van der Waals surface area contributed by atoms with E-state index in [0.29, 0.717) is 0 Å². The number of aryl methyl sites for hydroxylation is 1. The summed E-state index contributed by atoms with van der Waals surface area (Å²) in [4.78, 5) is 4.66. The Morgan fingerprint density at radius 2 is 1.48 bits per heavy atom. The summed E-state index contributed by atoms with van der Waals surface area (Å²) in [6, 6.07) is 9.94. The van der Waals surface area contributed by atoms with Crippen molar-refractivity contribution in [2.24, 2.45) is 0 Å². The number of pyridine rings is 1. The highest BCUT2D eigenvalue weighted by Gasteiger charge is 2.17. The van der Waals surface area contributed by atoms with Crippen LogP contribution in [-0.4, -0.2) is 25.4 Å². The first-order valence-corrected chi connectivity index (χ1v) is 6.99. The molecule has 0 aliphatic carbocycles. The topological polar surface area (TPSA) is 70.2 Å². The number of aromatic amines is 2. The number of H-pyrrole nitrogens is 2. The molecule has 5 heteroatoms. The van der Waals surface area contributed by atoms with Crippen LogP contribution in [-0.2, 0) is 5.41 Å². The standard InChI is InChI=1S/C16H19N5/c1-10-8-13(19-18-10)11-6-5-7-12(17-11)14-9-15(21-20-14)16(2,3)4/h5-9H,1-4H3,(H,18,19)(H,20,21). The van der Waals surface area contributed by atoms with Crippen molar-refractivity contribution >= 4 is 0 Å². The number of nitrogens with one attached hydrogen (secondary N) is 2. The molecule has 2 N–H and O–H groups in total. The second kappa shape index (κ2) is 4.84. The van der Waals surface area contributed by atoms with Gasteiger partial charge in [-0.1, -0.05) is 26.8 Å². The van der Waals surface area contributed by atoms with E-state index in [9.17, 15) is 0 Å². The highest BCUT2D eigenvalue weighted by Crippen LogP contribution is 2.25. The van der Waals surface area contributed by atoms with Gasteiger partial charge in [0.25, 0.3) is 0 Å². The monoisotopic (exact) mass is 281 g/mol. The van der Waals surface area contributed by atoms with Gasteiger partial charge in [-0.2, -0.15) is 10.2 Å². The second-order valence-corrected chi connectivity index (χ2v) is 6.26. The van der Waals surface area contributed by atoms with E-state index in [0.717, 1.165) is 34.2 Å². The molecule has 0 fully saturated rings. The van der Waals surface area contributed by atoms with E-state index in [2.05, 4.69) is 52.2 Å². The second-order valence-electron chi connectivity index (χ2n) is 6.26. The third-order valence-corrected chi connectivity index (χ3v) is 3.37. The van der Waals surface area contributed by atoms with Gasteiger partial charge < -0.3 is 0 Å². The maximum absolute atomic E-state index is 4.66. The molecular formula is C16H19N5. The molecule has 0 saturated heterocycles. The van der Waals surface area contributed by atoms with Crippen LogP contribution in [0.2, 0.25) is 0 Å². The van der Waals surface area contributed by atoms with Crippen LogP contribution in [0.5, 0.6) is 0 Å². The number of rotatable bonds is 2. The van der Waals surface area contributed by atoms with Gasteiger partial charge in [0.15, 0.2) is 0 Å². The molecule has 3 aromatic heterocycles. The van der Waals surface area contributed by atoms with Crippen molar-refractivity contribution in [3.63, 3.8) is 0 Å². The van der Waals surface area contributed by atoms with E-state index in [-0.39, 0.29) is 5.41 Å². The molecule has 3 aromatic rings. The summed E-state index contributed by atoms with van der Waals surface area (Å²) in [5.41, 5.74) is 5.56. The summed E-state index contributed by atoms with van der Waals surface area (Å²) >= 11 is 0. The Morgan fingerprint density at radius 3 is 2.00 bits per heavy atom. The van der Waals surface area contributed by atoms with Gasteiger partial charge in [-0.15, -0.1) is 0 Å². The molecular weight excluding hydrogens is 262 g/mol. The third-order valence-electron chi connectivity index (χ3n) is 3.37. The fourth-order valence-electron chi connectivity index (χ4n) is 2.11. The van der Waals surface area contributed by atoms with Gasteiger partial charge in [0.05, 0.1) is 11.4 Å². The van der Waals surface area contributed by atoms with Crippen molar-refractivity contribution in [2.45, 2.75) is 33.1 Å². The van der Waals surface area contributed by atoms with Crippen molar-refractivity contribution < 1.29 is 0 Å². The Morgan fingerprint density at radius 1 is 0.857 bits per heavy atom. The average Bonchev–Trinajstić information content (AvgIpc) is 3.07. The normalized spacial score (nSPS) is 11.8. The summed E-state index contributed by atoms with van der Waals surface area (Å²) in [7, 11) is 0. The van der Waals surface area contributed by atoms with Gasteiger partial charge in [0.1, 0.15) is 11.4 Å². The van der Waals surface area contributed by atoms with E-state index >= 15 is 0 Å². The Kier molecular flexibility index (Phi) is 3.12. The minimum atomic E-state index is 0.0438. The molecule has 108 valence electrons. The SMILES string of the molecule is Cc1cc(-c2cccc(-c3cc(C(C)(C)C)[nH]n3)n2)n[nH]1. The first kappa shape index (κ1) is 13.5. The molecule has 5 nitrogen and oxygen atoms in total. The summed E-state index contributed by atoms with van der Waals surface area (Å²) in [6.07, 6.45) is 0. The van der Waals surface area contributed by atoms with Crippen LogP contribution in [0.15, 0.2) is 30.3 Å². The zero-order chi connectivity index (χ0) is 15.0. The van der Waals surface area contributed by atoms with Gasteiger partial charge >= 0.3 is 0 Å². The van der Waals surface area contributed by atoms with E-state index in [1.165, 1.54) is 0 Å². The van der Waals surface area contributed by atoms with Crippen LogP contribution < -0.4 is 0 Å². The number of hydrogen-bond acceptors (Lipinski definition) is 3. The Balaban J connectivity index is 1.98. The summed E-state index contributed by atoms with van der Waals surface area (Å²) in [5.74, 6) is 0. The van der Waals surface area contributed by atoms with Crippen molar-refractivity contribution in [3.8, 4) is 22.8 Å². The molecule has 3 rings (SSSR count). The van der Waals surface area contributed by atoms with Crippen LogP contribution in [0, 0.1) is 6.92 Å². The van der Waals surface area contributed by atoms with Gasteiger partial charge in [0, 0.05) is 16.8 Å². The lowest BCUT2D eigenvalue weighted by Crippen LogP contribution is -2.11. The largest absolute Gasteiger partial charge is 0.282 e. The minimum absolute atomic E-state index is 0.0438. The van der Waals surface area contributed by atoms with Crippen LogP contribution in [0.4, 0.5) is 0 Å². The lowest BCUT2D eigenvalue weighted by Gasteiger charge is -2.14. The van der Waals surface area contributed by atoms with Crippen molar-refractivity contribution in [1.82, 2.24) is 25.4 Å². The van der Waals surface area contributed by atoms with Gasteiger partial charge in [-0.05, 0) is 31.2 Å². The van der Waals surface area contributed by atoms with Crippen molar-refractivity contribution in [3.05, 3.63) is 41.7 Å². The average molecular weight is 281 g/mol. The van der Waals surface area contributed by atoms with Crippen LogP contribution in [0.1, 0.15) is 32.2 Å². The molecule has 0 radical (unpaired) electrons. The summed E-state index contributed by atoms with van der Waals surface area (Å²) in [6.45, 7) is 8.44. The van der Waals surface area contributed by atoms with Crippen LogP contribution >= 0.6 is 0 Å². The van der Waals surface area contributed by atoms with Gasteiger partial charge in [-0.25, -0.2) is 4.98 Å². The van der Waals surface area contributed by atoms with Gasteiger partial charge in [0.2, 0.25) is 0 Å². The first-order valence-electron chi connectivity index (χ1n) is 6.99. The molecule has 0 spiro atoms. The highest BCUT2D eigenvalue weighted by molar-refractivity contribution is 5.62. The Labute approximate surface area is 123 Å². The van der Waals surface area contributed by atoms with Crippen LogP contribution in [0.25, 0.3) is 22.8 Å². The number of aromatic nitrogens is 5. The molecule has 0 amide bonds.